The first-order chi connectivity index (χ1) is 14.3. The SMILES string of the molecule is CCOP(=O)(OCC)Oc1c(O)ccc(O)c1-c1c(O)ccc2ccc(OC)cc12. The lowest BCUT2D eigenvalue weighted by molar-refractivity contribution is 0.166. The van der Waals surface area contributed by atoms with E-state index in [-0.39, 0.29) is 41.6 Å². The minimum Gasteiger partial charge on any atom is -0.507 e. The Balaban J connectivity index is 2.31. The molecule has 0 heterocycles. The van der Waals surface area contributed by atoms with E-state index in [0.29, 0.717) is 11.1 Å². The largest absolute Gasteiger partial charge is 0.530 e. The van der Waals surface area contributed by atoms with Gasteiger partial charge < -0.3 is 24.6 Å². The van der Waals surface area contributed by atoms with Gasteiger partial charge in [0.1, 0.15) is 17.2 Å². The van der Waals surface area contributed by atoms with E-state index in [1.807, 2.05) is 0 Å². The molecule has 3 aromatic rings. The van der Waals surface area contributed by atoms with Crippen LogP contribution in [-0.2, 0) is 13.6 Å². The topological polar surface area (TPSA) is 115 Å². The first kappa shape index (κ1) is 21.8. The highest BCUT2D eigenvalue weighted by atomic mass is 31.2. The molecule has 3 N–H and O–H groups in total. The molecule has 9 heteroatoms. The van der Waals surface area contributed by atoms with Crippen molar-refractivity contribution in [2.75, 3.05) is 20.3 Å². The molecule has 3 rings (SSSR count). The van der Waals surface area contributed by atoms with Crippen LogP contribution in [-0.4, -0.2) is 35.6 Å². The van der Waals surface area contributed by atoms with Crippen molar-refractivity contribution in [2.45, 2.75) is 13.8 Å². The second-order valence-electron chi connectivity index (χ2n) is 6.23. The summed E-state index contributed by atoms with van der Waals surface area (Å²) in [4.78, 5) is 0. The summed E-state index contributed by atoms with van der Waals surface area (Å²) in [7, 11) is -2.60. The maximum absolute atomic E-state index is 12.9. The first-order valence-electron chi connectivity index (χ1n) is 9.27. The lowest BCUT2D eigenvalue weighted by atomic mass is 9.95. The molecule has 0 aliphatic heterocycles. The number of phosphoric acid groups is 1. The van der Waals surface area contributed by atoms with E-state index in [0.717, 1.165) is 5.39 Å². The minimum atomic E-state index is -4.10. The Labute approximate surface area is 173 Å². The fourth-order valence-corrected chi connectivity index (χ4v) is 4.31. The Kier molecular flexibility index (Phi) is 6.41. The van der Waals surface area contributed by atoms with E-state index in [1.165, 1.54) is 25.3 Å². The van der Waals surface area contributed by atoms with Crippen molar-refractivity contribution in [3.05, 3.63) is 42.5 Å². The third-order valence-electron chi connectivity index (χ3n) is 4.35. The van der Waals surface area contributed by atoms with E-state index in [4.69, 9.17) is 18.3 Å². The molecule has 0 saturated carbocycles. The van der Waals surface area contributed by atoms with Crippen LogP contribution in [0.15, 0.2) is 42.5 Å². The van der Waals surface area contributed by atoms with Crippen molar-refractivity contribution in [2.24, 2.45) is 0 Å². The highest BCUT2D eigenvalue weighted by molar-refractivity contribution is 7.48. The van der Waals surface area contributed by atoms with Gasteiger partial charge in [0.15, 0.2) is 11.5 Å². The molecule has 0 saturated heterocycles. The van der Waals surface area contributed by atoms with Gasteiger partial charge in [0, 0.05) is 5.56 Å². The number of phenols is 3. The summed E-state index contributed by atoms with van der Waals surface area (Å²) in [5.41, 5.74) is 0.0975. The number of benzene rings is 3. The summed E-state index contributed by atoms with van der Waals surface area (Å²) >= 11 is 0. The fraction of sp³-hybridized carbons (Fsp3) is 0.238. The molecule has 30 heavy (non-hydrogen) atoms. The van der Waals surface area contributed by atoms with Gasteiger partial charge in [-0.1, -0.05) is 12.1 Å². The number of hydrogen-bond donors (Lipinski definition) is 3. The number of rotatable bonds is 8. The Morgan fingerprint density at radius 3 is 2.03 bits per heavy atom. The zero-order valence-electron chi connectivity index (χ0n) is 16.8. The maximum atomic E-state index is 12.9. The van der Waals surface area contributed by atoms with E-state index >= 15 is 0 Å². The lowest BCUT2D eigenvalue weighted by Gasteiger charge is -2.21. The monoisotopic (exact) mass is 434 g/mol. The number of fused-ring (bicyclic) bond motifs is 1. The molecule has 160 valence electrons. The fourth-order valence-electron chi connectivity index (χ4n) is 3.09. The smallest absolute Gasteiger partial charge is 0.507 e. The molecule has 0 aromatic heterocycles. The van der Waals surface area contributed by atoms with Crippen molar-refractivity contribution in [3.63, 3.8) is 0 Å². The van der Waals surface area contributed by atoms with Gasteiger partial charge in [-0.05, 0) is 55.0 Å². The summed E-state index contributed by atoms with van der Waals surface area (Å²) in [6, 6.07) is 10.8. The van der Waals surface area contributed by atoms with Gasteiger partial charge in [-0.3, -0.25) is 9.05 Å². The summed E-state index contributed by atoms with van der Waals surface area (Å²) in [5.74, 6) is -0.740. The quantitative estimate of drug-likeness (QED) is 0.328. The van der Waals surface area contributed by atoms with E-state index in [2.05, 4.69) is 0 Å². The summed E-state index contributed by atoms with van der Waals surface area (Å²) in [6.45, 7) is 3.29. The van der Waals surface area contributed by atoms with Crippen LogP contribution in [0.4, 0.5) is 0 Å². The van der Waals surface area contributed by atoms with Crippen molar-refractivity contribution < 1.29 is 38.2 Å². The van der Waals surface area contributed by atoms with Gasteiger partial charge in [0.05, 0.1) is 25.9 Å². The average molecular weight is 434 g/mol. The van der Waals surface area contributed by atoms with Crippen LogP contribution in [0.5, 0.6) is 28.7 Å². The van der Waals surface area contributed by atoms with Gasteiger partial charge in [-0.25, -0.2) is 4.57 Å². The van der Waals surface area contributed by atoms with Crippen LogP contribution in [0, 0.1) is 0 Å². The number of methoxy groups -OCH3 is 1. The zero-order valence-corrected chi connectivity index (χ0v) is 17.7. The first-order valence-corrected chi connectivity index (χ1v) is 10.7. The maximum Gasteiger partial charge on any atom is 0.530 e. The van der Waals surface area contributed by atoms with E-state index in [1.54, 1.807) is 38.1 Å². The molecule has 0 aliphatic rings. The molecule has 0 radical (unpaired) electrons. The molecule has 0 bridgehead atoms. The van der Waals surface area contributed by atoms with Gasteiger partial charge in [0.2, 0.25) is 0 Å². The van der Waals surface area contributed by atoms with Crippen molar-refractivity contribution in [3.8, 4) is 39.9 Å². The van der Waals surface area contributed by atoms with Gasteiger partial charge in [-0.2, -0.15) is 0 Å². The Bertz CT molecular complexity index is 1100. The summed E-state index contributed by atoms with van der Waals surface area (Å²) < 4.78 is 34.0. The van der Waals surface area contributed by atoms with Crippen molar-refractivity contribution in [1.29, 1.82) is 0 Å². The van der Waals surface area contributed by atoms with Crippen molar-refractivity contribution >= 4 is 18.6 Å². The van der Waals surface area contributed by atoms with E-state index < -0.39 is 13.6 Å². The highest BCUT2D eigenvalue weighted by Gasteiger charge is 2.32. The Hall–Kier alpha value is -2.93. The third-order valence-corrected chi connectivity index (χ3v) is 5.90. The molecule has 0 spiro atoms. The van der Waals surface area contributed by atoms with Crippen LogP contribution >= 0.6 is 7.82 Å². The predicted octanol–water partition coefficient (Wildman–Crippen LogP) is 5.19. The summed E-state index contributed by atoms with van der Waals surface area (Å²) in [6.07, 6.45) is 0. The third kappa shape index (κ3) is 4.16. The Morgan fingerprint density at radius 2 is 1.40 bits per heavy atom. The van der Waals surface area contributed by atoms with Gasteiger partial charge in [0.25, 0.3) is 0 Å². The van der Waals surface area contributed by atoms with Crippen LogP contribution in [0.3, 0.4) is 0 Å². The standard InChI is InChI=1S/C21H23O8P/c1-4-27-30(25,28-5-2)29-21-18(24)11-10-17(23)20(21)19-15-12-14(26-3)8-6-13(15)7-9-16(19)22/h6-12,22-24H,4-5H2,1-3H3. The van der Waals surface area contributed by atoms with Crippen LogP contribution in [0.2, 0.25) is 0 Å². The van der Waals surface area contributed by atoms with Crippen LogP contribution in [0.1, 0.15) is 13.8 Å². The molecular weight excluding hydrogens is 411 g/mol. The Morgan fingerprint density at radius 1 is 0.833 bits per heavy atom. The number of aromatic hydroxyl groups is 3. The van der Waals surface area contributed by atoms with Crippen LogP contribution in [0.25, 0.3) is 21.9 Å². The van der Waals surface area contributed by atoms with Crippen molar-refractivity contribution in [1.82, 2.24) is 0 Å². The zero-order chi connectivity index (χ0) is 21.9. The number of phosphoric ester groups is 1. The molecule has 0 atom stereocenters. The molecule has 8 nitrogen and oxygen atoms in total. The molecule has 0 unspecified atom stereocenters. The molecule has 0 amide bonds. The number of ether oxygens (including phenoxy) is 1. The van der Waals surface area contributed by atoms with Crippen LogP contribution < -0.4 is 9.26 Å². The molecular formula is C21H23O8P. The number of phenolic OH excluding ortho intramolecular Hbond substituents is 3. The number of hydrogen-bond acceptors (Lipinski definition) is 8. The molecule has 0 fully saturated rings. The average Bonchev–Trinajstić information content (AvgIpc) is 2.72. The normalized spacial score (nSPS) is 11.6. The second-order valence-corrected chi connectivity index (χ2v) is 7.82. The van der Waals surface area contributed by atoms with Gasteiger partial charge in [-0.15, -0.1) is 0 Å². The van der Waals surface area contributed by atoms with E-state index in [9.17, 15) is 19.9 Å². The van der Waals surface area contributed by atoms with Gasteiger partial charge >= 0.3 is 7.82 Å². The predicted molar refractivity (Wildman–Crippen MR) is 112 cm³/mol. The highest BCUT2D eigenvalue weighted by Crippen LogP contribution is 2.57. The molecule has 3 aromatic carbocycles. The lowest BCUT2D eigenvalue weighted by Crippen LogP contribution is -2.03. The molecule has 0 aliphatic carbocycles. The minimum absolute atomic E-state index is 0.0307. The summed E-state index contributed by atoms with van der Waals surface area (Å²) in [5, 5.41) is 33.0. The second kappa shape index (κ2) is 8.83.